The molecule has 1 fully saturated rings. The third-order valence-electron chi connectivity index (χ3n) is 4.57. The van der Waals surface area contributed by atoms with Crippen molar-refractivity contribution in [3.63, 3.8) is 0 Å². The molecule has 0 aliphatic carbocycles. The molecule has 0 aromatic carbocycles. The molecule has 0 atom stereocenters. The predicted molar refractivity (Wildman–Crippen MR) is 108 cm³/mol. The van der Waals surface area contributed by atoms with Gasteiger partial charge in [-0.1, -0.05) is 13.3 Å². The fourth-order valence-electron chi connectivity index (χ4n) is 3.02. The van der Waals surface area contributed by atoms with E-state index in [0.29, 0.717) is 13.0 Å². The number of aromatic nitrogens is 2. The van der Waals surface area contributed by atoms with Gasteiger partial charge >= 0.3 is 0 Å². The Kier molecular flexibility index (Phi) is 7.10. The van der Waals surface area contributed by atoms with Gasteiger partial charge in [0.25, 0.3) is 5.56 Å². The zero-order valence-electron chi connectivity index (χ0n) is 15.2. The lowest BCUT2D eigenvalue weighted by atomic mass is 10.2. The number of unbranched alkanes of at least 4 members (excludes halogenated alkanes) is 1. The van der Waals surface area contributed by atoms with E-state index >= 15 is 0 Å². The highest BCUT2D eigenvalue weighted by Crippen LogP contribution is 2.12. The van der Waals surface area contributed by atoms with Crippen LogP contribution in [0, 0.1) is 0 Å². The molecule has 0 unspecified atom stereocenters. The van der Waals surface area contributed by atoms with Crippen molar-refractivity contribution in [2.75, 3.05) is 37.7 Å². The molecule has 3 rings (SSSR count). The van der Waals surface area contributed by atoms with Crippen molar-refractivity contribution in [1.29, 1.82) is 0 Å². The van der Waals surface area contributed by atoms with E-state index < -0.39 is 0 Å². The van der Waals surface area contributed by atoms with E-state index in [0.717, 1.165) is 48.3 Å². The first kappa shape index (κ1) is 19.4. The first-order chi connectivity index (χ1) is 12.7. The number of hydrogen-bond acceptors (Lipinski definition) is 6. The Morgan fingerprint density at radius 2 is 2.08 bits per heavy atom. The number of hydrogen-bond donors (Lipinski definition) is 0. The molecule has 3 heterocycles. The molecule has 6 nitrogen and oxygen atoms in total. The van der Waals surface area contributed by atoms with Gasteiger partial charge in [-0.3, -0.25) is 18.9 Å². The van der Waals surface area contributed by atoms with Gasteiger partial charge in [-0.05, 0) is 12.2 Å². The van der Waals surface area contributed by atoms with Gasteiger partial charge < -0.3 is 4.90 Å². The molecule has 2 aromatic rings. The first-order valence-electron chi connectivity index (χ1n) is 9.21. The average molecular weight is 395 g/mol. The topological polar surface area (TPSA) is 57.9 Å². The lowest BCUT2D eigenvalue weighted by Gasteiger charge is -2.34. The second-order valence-electron chi connectivity index (χ2n) is 6.51. The van der Waals surface area contributed by atoms with Gasteiger partial charge in [-0.15, -0.1) is 11.3 Å². The van der Waals surface area contributed by atoms with E-state index in [2.05, 4.69) is 16.8 Å². The SMILES string of the molecule is CCCCSCCC(=O)N1CCN(Cc2cc(=O)n3ccsc3n2)CC1. The van der Waals surface area contributed by atoms with Crippen molar-refractivity contribution in [3.8, 4) is 0 Å². The van der Waals surface area contributed by atoms with Crippen LogP contribution in [-0.2, 0) is 11.3 Å². The second-order valence-corrected chi connectivity index (χ2v) is 8.61. The molecule has 2 aromatic heterocycles. The van der Waals surface area contributed by atoms with Gasteiger partial charge in [0.15, 0.2) is 4.96 Å². The third-order valence-corrected chi connectivity index (χ3v) is 6.40. The number of carbonyl (C=O) groups is 1. The molecular weight excluding hydrogens is 368 g/mol. The molecule has 0 radical (unpaired) electrons. The fourth-order valence-corrected chi connectivity index (χ4v) is 4.77. The Labute approximate surface area is 162 Å². The van der Waals surface area contributed by atoms with Crippen LogP contribution < -0.4 is 5.56 Å². The Morgan fingerprint density at radius 3 is 2.85 bits per heavy atom. The predicted octanol–water partition coefficient (Wildman–Crippen LogP) is 2.32. The van der Waals surface area contributed by atoms with Crippen LogP contribution >= 0.6 is 23.1 Å². The van der Waals surface area contributed by atoms with Crippen molar-refractivity contribution in [2.24, 2.45) is 0 Å². The van der Waals surface area contributed by atoms with Gasteiger partial charge in [0.1, 0.15) is 0 Å². The summed E-state index contributed by atoms with van der Waals surface area (Å²) in [4.78, 5) is 33.9. The maximum atomic E-state index is 12.3. The van der Waals surface area contributed by atoms with Crippen LogP contribution in [0.25, 0.3) is 4.96 Å². The first-order valence-corrected chi connectivity index (χ1v) is 11.2. The molecule has 0 spiro atoms. The van der Waals surface area contributed by atoms with Gasteiger partial charge in [-0.2, -0.15) is 11.8 Å². The van der Waals surface area contributed by atoms with E-state index in [1.54, 1.807) is 16.7 Å². The quantitative estimate of drug-likeness (QED) is 0.643. The summed E-state index contributed by atoms with van der Waals surface area (Å²) in [5.74, 6) is 2.34. The molecule has 0 bridgehead atoms. The minimum absolute atomic E-state index is 0.0272. The summed E-state index contributed by atoms with van der Waals surface area (Å²) in [6.45, 7) is 6.05. The highest BCUT2D eigenvalue weighted by atomic mass is 32.2. The number of piperazine rings is 1. The van der Waals surface area contributed by atoms with Crippen LogP contribution in [0.15, 0.2) is 22.4 Å². The van der Waals surface area contributed by atoms with Crippen molar-refractivity contribution in [1.82, 2.24) is 19.2 Å². The summed E-state index contributed by atoms with van der Waals surface area (Å²) in [5, 5.41) is 1.87. The summed E-state index contributed by atoms with van der Waals surface area (Å²) in [6, 6.07) is 1.62. The van der Waals surface area contributed by atoms with Crippen LogP contribution in [0.3, 0.4) is 0 Å². The van der Waals surface area contributed by atoms with Crippen molar-refractivity contribution in [2.45, 2.75) is 32.7 Å². The van der Waals surface area contributed by atoms with E-state index in [1.165, 1.54) is 24.2 Å². The van der Waals surface area contributed by atoms with E-state index in [1.807, 2.05) is 22.0 Å². The summed E-state index contributed by atoms with van der Waals surface area (Å²) in [6.07, 6.45) is 4.84. The van der Waals surface area contributed by atoms with Crippen molar-refractivity contribution >= 4 is 34.0 Å². The Bertz CT molecular complexity index is 781. The van der Waals surface area contributed by atoms with Crippen molar-refractivity contribution < 1.29 is 4.79 Å². The number of rotatable bonds is 8. The minimum atomic E-state index is -0.0272. The smallest absolute Gasteiger partial charge is 0.258 e. The van der Waals surface area contributed by atoms with Crippen molar-refractivity contribution in [3.05, 3.63) is 33.7 Å². The largest absolute Gasteiger partial charge is 0.340 e. The van der Waals surface area contributed by atoms with Crippen LogP contribution in [0.1, 0.15) is 31.9 Å². The molecule has 1 aliphatic heterocycles. The van der Waals surface area contributed by atoms with Crippen LogP contribution in [0.4, 0.5) is 0 Å². The zero-order chi connectivity index (χ0) is 18.4. The van der Waals surface area contributed by atoms with E-state index in [9.17, 15) is 9.59 Å². The molecule has 1 saturated heterocycles. The maximum Gasteiger partial charge on any atom is 0.258 e. The van der Waals surface area contributed by atoms with Crippen LogP contribution in [0.2, 0.25) is 0 Å². The van der Waals surface area contributed by atoms with Gasteiger partial charge in [0, 0.05) is 62.5 Å². The Morgan fingerprint density at radius 1 is 1.27 bits per heavy atom. The maximum absolute atomic E-state index is 12.3. The summed E-state index contributed by atoms with van der Waals surface area (Å²) in [7, 11) is 0. The highest BCUT2D eigenvalue weighted by Gasteiger charge is 2.21. The number of thioether (sulfide) groups is 1. The lowest BCUT2D eigenvalue weighted by molar-refractivity contribution is -0.132. The van der Waals surface area contributed by atoms with Crippen LogP contribution in [0.5, 0.6) is 0 Å². The van der Waals surface area contributed by atoms with E-state index in [4.69, 9.17) is 0 Å². The van der Waals surface area contributed by atoms with E-state index in [-0.39, 0.29) is 11.5 Å². The average Bonchev–Trinajstić information content (AvgIpc) is 3.11. The number of carbonyl (C=O) groups excluding carboxylic acids is 1. The summed E-state index contributed by atoms with van der Waals surface area (Å²) >= 11 is 3.35. The standard InChI is InChI=1S/C18H26N4O2S2/c1-2-3-10-25-11-4-16(23)21-7-5-20(6-8-21)14-15-13-17(24)22-9-12-26-18(22)19-15/h9,12-13H,2-8,10-11,14H2,1H3. The highest BCUT2D eigenvalue weighted by molar-refractivity contribution is 7.99. The van der Waals surface area contributed by atoms with Crippen LogP contribution in [-0.4, -0.2) is 62.8 Å². The minimum Gasteiger partial charge on any atom is -0.340 e. The molecule has 0 N–H and O–H groups in total. The second kappa shape index (κ2) is 9.53. The normalized spacial score (nSPS) is 15.7. The molecule has 1 amide bonds. The molecule has 8 heteroatoms. The van der Waals surface area contributed by atoms with Gasteiger partial charge in [0.05, 0.1) is 5.69 Å². The molecule has 0 saturated carbocycles. The lowest BCUT2D eigenvalue weighted by Crippen LogP contribution is -2.48. The van der Waals surface area contributed by atoms with Gasteiger partial charge in [0.2, 0.25) is 5.91 Å². The Balaban J connectivity index is 1.44. The molecular formula is C18H26N4O2S2. The molecule has 142 valence electrons. The zero-order valence-corrected chi connectivity index (χ0v) is 16.9. The molecule has 1 aliphatic rings. The number of nitrogens with zero attached hydrogens (tertiary/aromatic N) is 4. The third kappa shape index (κ3) is 5.08. The number of thiazole rings is 1. The fraction of sp³-hybridized carbons (Fsp3) is 0.611. The summed E-state index contributed by atoms with van der Waals surface area (Å²) in [5.41, 5.74) is 0.783. The molecule has 26 heavy (non-hydrogen) atoms. The summed E-state index contributed by atoms with van der Waals surface area (Å²) < 4.78 is 1.57. The number of amides is 1. The Hall–Kier alpha value is -1.38. The van der Waals surface area contributed by atoms with Gasteiger partial charge in [-0.25, -0.2) is 4.98 Å². The monoisotopic (exact) mass is 394 g/mol. The number of fused-ring (bicyclic) bond motifs is 1.